The average Bonchev–Trinajstić information content (AvgIpc) is 2.74. The normalized spacial score (nSPS) is 38.9. The van der Waals surface area contributed by atoms with Crippen molar-refractivity contribution in [1.82, 2.24) is 0 Å². The number of hydrogen-bond donors (Lipinski definition) is 2. The lowest BCUT2D eigenvalue weighted by Gasteiger charge is -2.58. The number of hydrogen-bond acceptors (Lipinski definition) is 3. The molecule has 0 aromatic rings. The Balaban J connectivity index is 1.75. The van der Waals surface area contributed by atoms with Crippen molar-refractivity contribution >= 4 is 11.8 Å². The van der Waals surface area contributed by atoms with E-state index in [0.29, 0.717) is 29.5 Å². The Hall–Kier alpha value is -1.16. The van der Waals surface area contributed by atoms with Crippen LogP contribution in [-0.4, -0.2) is 28.1 Å². The summed E-state index contributed by atoms with van der Waals surface area (Å²) in [5.41, 5.74) is 1.13. The molecule has 4 nitrogen and oxygen atoms in total. The van der Waals surface area contributed by atoms with E-state index in [4.69, 9.17) is 5.11 Å². The summed E-state index contributed by atoms with van der Waals surface area (Å²) in [6.45, 7) is 8.82. The van der Waals surface area contributed by atoms with E-state index in [1.165, 1.54) is 6.42 Å². The molecule has 0 aliphatic heterocycles. The van der Waals surface area contributed by atoms with Crippen LogP contribution in [0.15, 0.2) is 11.6 Å². The molecule has 8 atom stereocenters. The molecule has 0 spiro atoms. The second kappa shape index (κ2) is 10.2. The van der Waals surface area contributed by atoms with E-state index in [9.17, 15) is 14.7 Å². The van der Waals surface area contributed by atoms with E-state index >= 15 is 0 Å². The number of carboxylic acids is 1. The highest BCUT2D eigenvalue weighted by atomic mass is 16.4. The number of aliphatic hydroxyl groups excluding tert-OH is 1. The van der Waals surface area contributed by atoms with Crippen LogP contribution in [0.4, 0.5) is 0 Å². The van der Waals surface area contributed by atoms with Gasteiger partial charge in [-0.2, -0.15) is 0 Å². The van der Waals surface area contributed by atoms with Gasteiger partial charge < -0.3 is 10.2 Å². The summed E-state index contributed by atoms with van der Waals surface area (Å²) in [6, 6.07) is 0. The molecule has 0 bridgehead atoms. The zero-order valence-electron chi connectivity index (χ0n) is 20.1. The largest absolute Gasteiger partial charge is 0.481 e. The molecule has 0 amide bonds. The number of ketones is 1. The SMILES string of the molecule is C/C=C1\C(=O)[C@H]2C(CC[C@@H](CC)[C@H](C)CCC(=O)O)CCCC2[C@@]2(C)CC[C@@H](O)C[C@@H]12. The van der Waals surface area contributed by atoms with Gasteiger partial charge in [0.2, 0.25) is 0 Å². The topological polar surface area (TPSA) is 74.6 Å². The lowest BCUT2D eigenvalue weighted by Crippen LogP contribution is -2.55. The van der Waals surface area contributed by atoms with Crippen molar-refractivity contribution in [2.45, 2.75) is 104 Å². The fourth-order valence-electron chi connectivity index (χ4n) is 7.60. The molecule has 3 rings (SSSR count). The Morgan fingerprint density at radius 1 is 1.26 bits per heavy atom. The van der Waals surface area contributed by atoms with E-state index in [1.54, 1.807) is 0 Å². The van der Waals surface area contributed by atoms with Crippen LogP contribution in [0.5, 0.6) is 0 Å². The quantitative estimate of drug-likeness (QED) is 0.460. The number of fused-ring (bicyclic) bond motifs is 3. The van der Waals surface area contributed by atoms with Crippen LogP contribution in [0.1, 0.15) is 98.3 Å². The molecule has 3 aliphatic rings. The fraction of sp³-hybridized carbons (Fsp3) is 0.852. The Labute approximate surface area is 188 Å². The van der Waals surface area contributed by atoms with Crippen LogP contribution in [0.3, 0.4) is 0 Å². The summed E-state index contributed by atoms with van der Waals surface area (Å²) in [5.74, 6) is 1.88. The second-order valence-electron chi connectivity index (χ2n) is 11.1. The first kappa shape index (κ1) is 24.5. The van der Waals surface area contributed by atoms with E-state index in [0.717, 1.165) is 63.4 Å². The lowest BCUT2D eigenvalue weighted by molar-refractivity contribution is -0.141. The van der Waals surface area contributed by atoms with Gasteiger partial charge in [-0.1, -0.05) is 39.7 Å². The molecule has 0 aromatic heterocycles. The molecule has 3 saturated carbocycles. The zero-order valence-corrected chi connectivity index (χ0v) is 20.1. The highest BCUT2D eigenvalue weighted by Crippen LogP contribution is 2.61. The van der Waals surface area contributed by atoms with E-state index < -0.39 is 5.97 Å². The number of carbonyl (C=O) groups is 2. The first-order chi connectivity index (χ1) is 14.7. The summed E-state index contributed by atoms with van der Waals surface area (Å²) in [6.07, 6.45) is 12.2. The van der Waals surface area contributed by atoms with Gasteiger partial charge in [0, 0.05) is 12.3 Å². The standard InChI is InChI=1S/C27H44O4/c1-5-18(17(3)10-13-24(29)30)11-12-19-8-7-9-22-25(19)26(31)21(6-2)23-16-20(28)14-15-27(22,23)4/h6,17-20,22-23,25,28H,5,7-16H2,1-4H3,(H,29,30)/b21-6-/t17-,18-,19?,20-,22?,23+,25+,27-/m1/s1. The van der Waals surface area contributed by atoms with Crippen LogP contribution in [0, 0.1) is 40.9 Å². The second-order valence-corrected chi connectivity index (χ2v) is 11.1. The number of rotatable bonds is 8. The maximum Gasteiger partial charge on any atom is 0.303 e. The molecule has 2 N–H and O–H groups in total. The van der Waals surface area contributed by atoms with Crippen molar-refractivity contribution in [1.29, 1.82) is 0 Å². The van der Waals surface area contributed by atoms with Crippen molar-refractivity contribution in [2.75, 3.05) is 0 Å². The van der Waals surface area contributed by atoms with Gasteiger partial charge in [-0.3, -0.25) is 9.59 Å². The highest BCUT2D eigenvalue weighted by Gasteiger charge is 2.57. The van der Waals surface area contributed by atoms with Crippen LogP contribution < -0.4 is 0 Å². The Morgan fingerprint density at radius 2 is 2.00 bits per heavy atom. The van der Waals surface area contributed by atoms with Crippen LogP contribution in [0.25, 0.3) is 0 Å². The molecule has 0 aromatic carbocycles. The predicted octanol–water partition coefficient (Wildman–Crippen LogP) is 6.02. The molecule has 0 heterocycles. The van der Waals surface area contributed by atoms with Crippen molar-refractivity contribution < 1.29 is 19.8 Å². The van der Waals surface area contributed by atoms with E-state index in [2.05, 4.69) is 20.8 Å². The maximum absolute atomic E-state index is 13.7. The lowest BCUT2D eigenvalue weighted by atomic mass is 9.46. The van der Waals surface area contributed by atoms with Gasteiger partial charge in [0.1, 0.15) is 0 Å². The van der Waals surface area contributed by atoms with E-state index in [-0.39, 0.29) is 29.8 Å². The van der Waals surface area contributed by atoms with Crippen molar-refractivity contribution in [3.05, 3.63) is 11.6 Å². The first-order valence-corrected chi connectivity index (χ1v) is 12.8. The minimum absolute atomic E-state index is 0.136. The molecule has 3 fully saturated rings. The minimum Gasteiger partial charge on any atom is -0.481 e. The Kier molecular flexibility index (Phi) is 8.05. The van der Waals surface area contributed by atoms with Crippen LogP contribution in [0.2, 0.25) is 0 Å². The third-order valence-corrected chi connectivity index (χ3v) is 9.52. The highest BCUT2D eigenvalue weighted by molar-refractivity contribution is 5.99. The van der Waals surface area contributed by atoms with Gasteiger partial charge in [0.25, 0.3) is 0 Å². The fourth-order valence-corrected chi connectivity index (χ4v) is 7.60. The summed E-state index contributed by atoms with van der Waals surface area (Å²) < 4.78 is 0. The average molecular weight is 433 g/mol. The Morgan fingerprint density at radius 3 is 2.65 bits per heavy atom. The van der Waals surface area contributed by atoms with Crippen molar-refractivity contribution in [2.24, 2.45) is 40.9 Å². The Bertz CT molecular complexity index is 683. The van der Waals surface area contributed by atoms with Crippen molar-refractivity contribution in [3.63, 3.8) is 0 Å². The molecule has 31 heavy (non-hydrogen) atoms. The molecular formula is C27H44O4. The van der Waals surface area contributed by atoms with Crippen LogP contribution >= 0.6 is 0 Å². The summed E-state index contributed by atoms with van der Waals surface area (Å²) >= 11 is 0. The first-order valence-electron chi connectivity index (χ1n) is 12.8. The molecule has 3 aliphatic carbocycles. The summed E-state index contributed by atoms with van der Waals surface area (Å²) in [7, 11) is 0. The molecular weight excluding hydrogens is 388 g/mol. The van der Waals surface area contributed by atoms with Gasteiger partial charge in [0.15, 0.2) is 5.78 Å². The number of carboxylic acid groups (broad SMARTS) is 1. The zero-order chi connectivity index (χ0) is 22.8. The predicted molar refractivity (Wildman–Crippen MR) is 124 cm³/mol. The molecule has 0 radical (unpaired) electrons. The van der Waals surface area contributed by atoms with Gasteiger partial charge in [-0.15, -0.1) is 0 Å². The molecule has 176 valence electrons. The van der Waals surface area contributed by atoms with Crippen molar-refractivity contribution in [3.8, 4) is 0 Å². The molecule has 4 heteroatoms. The van der Waals surface area contributed by atoms with Gasteiger partial charge in [0.05, 0.1) is 6.10 Å². The molecule has 0 saturated heterocycles. The maximum atomic E-state index is 13.7. The summed E-state index contributed by atoms with van der Waals surface area (Å²) in [5, 5.41) is 19.4. The molecule has 2 unspecified atom stereocenters. The summed E-state index contributed by atoms with van der Waals surface area (Å²) in [4.78, 5) is 24.7. The monoisotopic (exact) mass is 432 g/mol. The third-order valence-electron chi connectivity index (χ3n) is 9.52. The minimum atomic E-state index is -0.705. The van der Waals surface area contributed by atoms with Gasteiger partial charge >= 0.3 is 5.97 Å². The van der Waals surface area contributed by atoms with Crippen LogP contribution in [-0.2, 0) is 9.59 Å². The number of aliphatic carboxylic acids is 1. The smallest absolute Gasteiger partial charge is 0.303 e. The van der Waals surface area contributed by atoms with Gasteiger partial charge in [-0.25, -0.2) is 0 Å². The number of allylic oxidation sites excluding steroid dienone is 2. The van der Waals surface area contributed by atoms with E-state index in [1.807, 2.05) is 13.0 Å². The number of carbonyl (C=O) groups excluding carboxylic acids is 1. The van der Waals surface area contributed by atoms with Gasteiger partial charge in [-0.05, 0) is 98.9 Å². The number of Topliss-reactive ketones (excluding diaryl/α,β-unsaturated/α-hetero) is 1. The number of aliphatic hydroxyl groups is 1. The third kappa shape index (κ3) is 4.94.